The van der Waals surface area contributed by atoms with Gasteiger partial charge in [0.2, 0.25) is 0 Å². The highest BCUT2D eigenvalue weighted by Gasteiger charge is 2.17. The molecule has 0 amide bonds. The Morgan fingerprint density at radius 1 is 1.15 bits per heavy atom. The summed E-state index contributed by atoms with van der Waals surface area (Å²) in [6.45, 7) is 0. The number of carbonyl (C=O) groups is 1. The van der Waals surface area contributed by atoms with Gasteiger partial charge in [-0.3, -0.25) is 4.79 Å². The molecular formula is C15H8ClFINO. The van der Waals surface area contributed by atoms with E-state index in [4.69, 9.17) is 11.6 Å². The van der Waals surface area contributed by atoms with Crippen LogP contribution in [0.2, 0.25) is 5.02 Å². The van der Waals surface area contributed by atoms with Gasteiger partial charge in [0.15, 0.2) is 5.78 Å². The molecule has 0 radical (unpaired) electrons. The molecule has 0 bridgehead atoms. The SMILES string of the molecule is O=C(c1cc(Cl)ccc1I)c1c[nH]c2ccc(F)cc12. The molecule has 5 heteroatoms. The van der Waals surface area contributed by atoms with E-state index in [1.54, 1.807) is 30.5 Å². The molecule has 0 saturated heterocycles. The summed E-state index contributed by atoms with van der Waals surface area (Å²) in [6, 6.07) is 9.47. The van der Waals surface area contributed by atoms with Crippen LogP contribution < -0.4 is 0 Å². The molecule has 1 N–H and O–H groups in total. The number of carbonyl (C=O) groups excluding carboxylic acids is 1. The molecule has 0 aliphatic carbocycles. The fourth-order valence-corrected chi connectivity index (χ4v) is 2.85. The maximum Gasteiger partial charge on any atom is 0.196 e. The maximum atomic E-state index is 13.4. The zero-order chi connectivity index (χ0) is 14.3. The number of hydrogen-bond acceptors (Lipinski definition) is 1. The lowest BCUT2D eigenvalue weighted by molar-refractivity contribution is 0.103. The molecule has 0 aliphatic heterocycles. The number of hydrogen-bond donors (Lipinski definition) is 1. The van der Waals surface area contributed by atoms with Crippen molar-refractivity contribution in [2.24, 2.45) is 0 Å². The fraction of sp³-hybridized carbons (Fsp3) is 0. The van der Waals surface area contributed by atoms with E-state index in [2.05, 4.69) is 27.6 Å². The number of fused-ring (bicyclic) bond motifs is 1. The Balaban J connectivity index is 2.17. The number of benzene rings is 2. The van der Waals surface area contributed by atoms with Crippen molar-refractivity contribution in [3.63, 3.8) is 0 Å². The van der Waals surface area contributed by atoms with Crippen LogP contribution in [0.1, 0.15) is 15.9 Å². The van der Waals surface area contributed by atoms with Crippen molar-refractivity contribution >= 4 is 50.9 Å². The lowest BCUT2D eigenvalue weighted by Crippen LogP contribution is -2.03. The largest absolute Gasteiger partial charge is 0.360 e. The van der Waals surface area contributed by atoms with Gasteiger partial charge in [-0.2, -0.15) is 0 Å². The van der Waals surface area contributed by atoms with E-state index in [1.165, 1.54) is 12.1 Å². The van der Waals surface area contributed by atoms with Gasteiger partial charge in [0.25, 0.3) is 0 Å². The van der Waals surface area contributed by atoms with Crippen molar-refractivity contribution in [1.29, 1.82) is 0 Å². The van der Waals surface area contributed by atoms with E-state index in [1.807, 2.05) is 0 Å². The molecule has 0 saturated carbocycles. The third kappa shape index (κ3) is 2.33. The lowest BCUT2D eigenvalue weighted by atomic mass is 10.0. The van der Waals surface area contributed by atoms with Crippen LogP contribution in [-0.2, 0) is 0 Å². The first-order valence-electron chi connectivity index (χ1n) is 5.82. The number of H-pyrrole nitrogens is 1. The molecule has 1 aromatic heterocycles. The minimum atomic E-state index is -0.369. The smallest absolute Gasteiger partial charge is 0.196 e. The number of aromatic amines is 1. The van der Waals surface area contributed by atoms with Crippen molar-refractivity contribution in [2.45, 2.75) is 0 Å². The van der Waals surface area contributed by atoms with Crippen LogP contribution in [0.5, 0.6) is 0 Å². The van der Waals surface area contributed by atoms with Crippen LogP contribution in [0.25, 0.3) is 10.9 Å². The van der Waals surface area contributed by atoms with E-state index in [0.717, 1.165) is 9.09 Å². The van der Waals surface area contributed by atoms with E-state index in [0.29, 0.717) is 21.5 Å². The maximum absolute atomic E-state index is 13.4. The predicted octanol–water partition coefficient (Wildman–Crippen LogP) is 4.80. The summed E-state index contributed by atoms with van der Waals surface area (Å²) in [5.74, 6) is -0.541. The second-order valence-corrected chi connectivity index (χ2v) is 5.94. The quantitative estimate of drug-likeness (QED) is 0.487. The Kier molecular flexibility index (Phi) is 3.52. The highest BCUT2D eigenvalue weighted by Crippen LogP contribution is 2.25. The van der Waals surface area contributed by atoms with Gasteiger partial charge >= 0.3 is 0 Å². The molecule has 0 fully saturated rings. The summed E-state index contributed by atoms with van der Waals surface area (Å²) < 4.78 is 14.2. The van der Waals surface area contributed by atoms with Gasteiger partial charge in [0, 0.05) is 36.8 Å². The second-order valence-electron chi connectivity index (χ2n) is 4.35. The summed E-state index contributed by atoms with van der Waals surface area (Å²) in [7, 11) is 0. The van der Waals surface area contributed by atoms with E-state index in [9.17, 15) is 9.18 Å². The summed E-state index contributed by atoms with van der Waals surface area (Å²) in [5.41, 5.74) is 1.69. The topological polar surface area (TPSA) is 32.9 Å². The second kappa shape index (κ2) is 5.18. The van der Waals surface area contributed by atoms with E-state index in [-0.39, 0.29) is 11.6 Å². The summed E-state index contributed by atoms with van der Waals surface area (Å²) >= 11 is 8.03. The molecule has 0 spiro atoms. The molecule has 0 aliphatic rings. The van der Waals surface area contributed by atoms with Gasteiger partial charge < -0.3 is 4.98 Å². The minimum absolute atomic E-state index is 0.172. The van der Waals surface area contributed by atoms with Gasteiger partial charge in [-0.15, -0.1) is 0 Å². The lowest BCUT2D eigenvalue weighted by Gasteiger charge is -2.04. The third-order valence-electron chi connectivity index (χ3n) is 3.06. The molecule has 0 unspecified atom stereocenters. The highest BCUT2D eigenvalue weighted by molar-refractivity contribution is 14.1. The van der Waals surface area contributed by atoms with Gasteiger partial charge in [-0.1, -0.05) is 11.6 Å². The zero-order valence-corrected chi connectivity index (χ0v) is 13.0. The Hall–Kier alpha value is -1.40. The number of halogens is 3. The summed E-state index contributed by atoms with van der Waals surface area (Å²) in [5, 5.41) is 1.07. The van der Waals surface area contributed by atoms with Crippen LogP contribution in [-0.4, -0.2) is 10.8 Å². The van der Waals surface area contributed by atoms with E-state index < -0.39 is 0 Å². The highest BCUT2D eigenvalue weighted by atomic mass is 127. The van der Waals surface area contributed by atoms with Crippen LogP contribution in [0.3, 0.4) is 0 Å². The number of aromatic nitrogens is 1. The first kappa shape index (κ1) is 13.6. The molecule has 20 heavy (non-hydrogen) atoms. The molecule has 3 aromatic rings. The number of nitrogens with one attached hydrogen (secondary N) is 1. The molecule has 1 heterocycles. The number of ketones is 1. The molecule has 2 nitrogen and oxygen atoms in total. The Morgan fingerprint density at radius 3 is 2.75 bits per heavy atom. The average molecular weight is 400 g/mol. The van der Waals surface area contributed by atoms with Crippen molar-refractivity contribution < 1.29 is 9.18 Å². The first-order valence-corrected chi connectivity index (χ1v) is 7.28. The Morgan fingerprint density at radius 2 is 1.95 bits per heavy atom. The summed E-state index contributed by atoms with van der Waals surface area (Å²) in [4.78, 5) is 15.6. The molecule has 0 atom stereocenters. The molecule has 100 valence electrons. The monoisotopic (exact) mass is 399 g/mol. The standard InChI is InChI=1S/C15H8ClFINO/c16-8-1-3-13(18)11(5-8)15(20)12-7-19-14-4-2-9(17)6-10(12)14/h1-7,19H. The minimum Gasteiger partial charge on any atom is -0.360 e. The average Bonchev–Trinajstić information content (AvgIpc) is 2.83. The molecule has 3 rings (SSSR count). The Labute approximate surface area is 133 Å². The predicted molar refractivity (Wildman–Crippen MR) is 85.9 cm³/mol. The van der Waals surface area contributed by atoms with Crippen molar-refractivity contribution in [1.82, 2.24) is 4.98 Å². The summed E-state index contributed by atoms with van der Waals surface area (Å²) in [6.07, 6.45) is 1.60. The van der Waals surface area contributed by atoms with Crippen LogP contribution in [0.15, 0.2) is 42.6 Å². The van der Waals surface area contributed by atoms with Crippen LogP contribution in [0, 0.1) is 9.39 Å². The first-order chi connectivity index (χ1) is 9.56. The van der Waals surface area contributed by atoms with Gasteiger partial charge in [-0.25, -0.2) is 4.39 Å². The molecule has 2 aromatic carbocycles. The van der Waals surface area contributed by atoms with Gasteiger partial charge in [0.1, 0.15) is 5.82 Å². The van der Waals surface area contributed by atoms with E-state index >= 15 is 0 Å². The van der Waals surface area contributed by atoms with Crippen molar-refractivity contribution in [3.8, 4) is 0 Å². The molecular weight excluding hydrogens is 392 g/mol. The third-order valence-corrected chi connectivity index (χ3v) is 4.24. The number of rotatable bonds is 2. The fourth-order valence-electron chi connectivity index (χ4n) is 2.10. The van der Waals surface area contributed by atoms with Crippen LogP contribution in [0.4, 0.5) is 4.39 Å². The van der Waals surface area contributed by atoms with Crippen molar-refractivity contribution in [2.75, 3.05) is 0 Å². The van der Waals surface area contributed by atoms with Gasteiger partial charge in [0.05, 0.1) is 0 Å². The van der Waals surface area contributed by atoms with Crippen LogP contribution >= 0.6 is 34.2 Å². The normalized spacial score (nSPS) is 10.9. The van der Waals surface area contributed by atoms with Gasteiger partial charge in [-0.05, 0) is 59.0 Å². The van der Waals surface area contributed by atoms with Crippen molar-refractivity contribution in [3.05, 3.63) is 68.1 Å². The Bertz CT molecular complexity index is 828. The zero-order valence-electron chi connectivity index (χ0n) is 10.1.